The second kappa shape index (κ2) is 6.86. The van der Waals surface area contributed by atoms with Crippen molar-refractivity contribution >= 4 is 21.6 Å². The van der Waals surface area contributed by atoms with Crippen LogP contribution in [0.4, 0.5) is 5.69 Å². The number of anilines is 1. The zero-order chi connectivity index (χ0) is 13.7. The van der Waals surface area contributed by atoms with E-state index in [0.717, 1.165) is 31.2 Å². The molecule has 19 heavy (non-hydrogen) atoms. The fourth-order valence-corrected chi connectivity index (χ4v) is 2.19. The van der Waals surface area contributed by atoms with Crippen LogP contribution in [-0.2, 0) is 6.54 Å². The van der Waals surface area contributed by atoms with Crippen molar-refractivity contribution in [2.75, 3.05) is 18.4 Å². The maximum atomic E-state index is 11.9. The number of rotatable bonds is 8. The maximum absolute atomic E-state index is 11.9. The first-order valence-electron chi connectivity index (χ1n) is 6.56. The summed E-state index contributed by atoms with van der Waals surface area (Å²) in [5.74, 6) is 0. The molecule has 2 rings (SSSR count). The van der Waals surface area contributed by atoms with Gasteiger partial charge in [-0.05, 0) is 41.7 Å². The normalized spacial score (nSPS) is 14.4. The van der Waals surface area contributed by atoms with Gasteiger partial charge in [0, 0.05) is 12.6 Å². The molecule has 1 aliphatic rings. The smallest absolute Gasteiger partial charge is 0.283 e. The molecule has 0 unspecified atom stereocenters. The Bertz CT molecular complexity index is 496. The van der Waals surface area contributed by atoms with Gasteiger partial charge in [0.15, 0.2) is 0 Å². The molecule has 1 aromatic heterocycles. The van der Waals surface area contributed by atoms with Crippen LogP contribution in [0.25, 0.3) is 0 Å². The lowest BCUT2D eigenvalue weighted by atomic mass is 10.4. The fourth-order valence-electron chi connectivity index (χ4n) is 1.75. The summed E-state index contributed by atoms with van der Waals surface area (Å²) < 4.78 is 1.90. The van der Waals surface area contributed by atoms with Crippen LogP contribution in [0.5, 0.6) is 0 Å². The zero-order valence-corrected chi connectivity index (χ0v) is 12.4. The third kappa shape index (κ3) is 4.18. The molecule has 1 heterocycles. The van der Waals surface area contributed by atoms with Gasteiger partial charge in [-0.25, -0.2) is 4.68 Å². The van der Waals surface area contributed by atoms with E-state index in [1.54, 1.807) is 12.3 Å². The average Bonchev–Trinajstić information content (AvgIpc) is 3.21. The number of hydrogen-bond acceptors (Lipinski definition) is 4. The summed E-state index contributed by atoms with van der Waals surface area (Å²) in [5.41, 5.74) is 0.609. The average molecular weight is 327 g/mol. The van der Waals surface area contributed by atoms with Gasteiger partial charge in [0.2, 0.25) is 0 Å². The summed E-state index contributed by atoms with van der Waals surface area (Å²) in [7, 11) is 0. The molecule has 1 saturated carbocycles. The van der Waals surface area contributed by atoms with Crippen molar-refractivity contribution in [1.82, 2.24) is 15.1 Å². The monoisotopic (exact) mass is 326 g/mol. The van der Waals surface area contributed by atoms with Crippen molar-refractivity contribution in [3.63, 3.8) is 0 Å². The van der Waals surface area contributed by atoms with Crippen molar-refractivity contribution in [3.05, 3.63) is 33.7 Å². The highest BCUT2D eigenvalue weighted by atomic mass is 79.9. The van der Waals surface area contributed by atoms with Gasteiger partial charge in [-0.1, -0.05) is 6.08 Å². The van der Waals surface area contributed by atoms with E-state index in [1.807, 2.05) is 0 Å². The number of nitrogens with one attached hydrogen (secondary N) is 2. The topological polar surface area (TPSA) is 59.0 Å². The lowest BCUT2D eigenvalue weighted by molar-refractivity contribution is 0.645. The Kier molecular flexibility index (Phi) is 5.15. The van der Waals surface area contributed by atoms with E-state index in [9.17, 15) is 4.79 Å². The minimum absolute atomic E-state index is 0.138. The first-order valence-corrected chi connectivity index (χ1v) is 7.35. The molecule has 0 aliphatic heterocycles. The highest BCUT2D eigenvalue weighted by molar-refractivity contribution is 9.10. The molecule has 0 amide bonds. The van der Waals surface area contributed by atoms with Gasteiger partial charge in [0.25, 0.3) is 5.56 Å². The van der Waals surface area contributed by atoms with Crippen LogP contribution in [0.3, 0.4) is 0 Å². The second-order valence-corrected chi connectivity index (χ2v) is 5.45. The first-order chi connectivity index (χ1) is 9.22. The van der Waals surface area contributed by atoms with Crippen LogP contribution in [0.1, 0.15) is 19.3 Å². The summed E-state index contributed by atoms with van der Waals surface area (Å²) in [5, 5.41) is 10.8. The lowest BCUT2D eigenvalue weighted by Crippen LogP contribution is -2.24. The standard InChI is InChI=1S/C13H19BrN4O/c1-2-8-18-13(19)12(14)11(9-17-18)16-7-3-6-15-10-4-5-10/h2,9-10,15-16H,1,3-8H2. The van der Waals surface area contributed by atoms with Crippen molar-refractivity contribution < 1.29 is 0 Å². The largest absolute Gasteiger partial charge is 0.383 e. The Morgan fingerprint density at radius 1 is 1.53 bits per heavy atom. The quantitative estimate of drug-likeness (QED) is 0.564. The summed E-state index contributed by atoms with van der Waals surface area (Å²) in [6.07, 6.45) is 6.97. The minimum Gasteiger partial charge on any atom is -0.383 e. The van der Waals surface area contributed by atoms with E-state index in [2.05, 4.69) is 38.2 Å². The molecule has 0 saturated heterocycles. The summed E-state index contributed by atoms with van der Waals surface area (Å²) >= 11 is 3.32. The molecule has 1 fully saturated rings. The Hall–Kier alpha value is -1.14. The van der Waals surface area contributed by atoms with E-state index in [0.29, 0.717) is 11.0 Å². The third-order valence-electron chi connectivity index (χ3n) is 2.97. The molecule has 0 radical (unpaired) electrons. The second-order valence-electron chi connectivity index (χ2n) is 4.66. The number of nitrogens with zero attached hydrogens (tertiary/aromatic N) is 2. The van der Waals surface area contributed by atoms with Crippen LogP contribution >= 0.6 is 15.9 Å². The molecule has 0 aromatic carbocycles. The van der Waals surface area contributed by atoms with E-state index in [4.69, 9.17) is 0 Å². The van der Waals surface area contributed by atoms with E-state index in [1.165, 1.54) is 17.5 Å². The van der Waals surface area contributed by atoms with Crippen LogP contribution in [0.2, 0.25) is 0 Å². The molecule has 6 heteroatoms. The Morgan fingerprint density at radius 2 is 2.32 bits per heavy atom. The maximum Gasteiger partial charge on any atom is 0.283 e. The van der Waals surface area contributed by atoms with Crippen molar-refractivity contribution in [1.29, 1.82) is 0 Å². The van der Waals surface area contributed by atoms with Gasteiger partial charge in [0.05, 0.1) is 18.4 Å². The molecule has 0 bridgehead atoms. The number of halogens is 1. The molecule has 104 valence electrons. The summed E-state index contributed by atoms with van der Waals surface area (Å²) in [4.78, 5) is 11.9. The summed E-state index contributed by atoms with van der Waals surface area (Å²) in [6, 6.07) is 0.747. The zero-order valence-electron chi connectivity index (χ0n) is 10.9. The predicted molar refractivity (Wildman–Crippen MR) is 80.5 cm³/mol. The predicted octanol–water partition coefficient (Wildman–Crippen LogP) is 1.75. The van der Waals surface area contributed by atoms with E-state index < -0.39 is 0 Å². The Balaban J connectivity index is 1.83. The Morgan fingerprint density at radius 3 is 3.00 bits per heavy atom. The summed E-state index contributed by atoms with van der Waals surface area (Å²) in [6.45, 7) is 5.86. The van der Waals surface area contributed by atoms with Crippen molar-refractivity contribution in [3.8, 4) is 0 Å². The molecular weight excluding hydrogens is 308 g/mol. The van der Waals surface area contributed by atoms with Crippen molar-refractivity contribution in [2.45, 2.75) is 31.8 Å². The van der Waals surface area contributed by atoms with Crippen LogP contribution in [-0.4, -0.2) is 28.9 Å². The highest BCUT2D eigenvalue weighted by Gasteiger charge is 2.19. The number of aromatic nitrogens is 2. The first kappa shape index (κ1) is 14.3. The van der Waals surface area contributed by atoms with Crippen LogP contribution in [0.15, 0.2) is 28.1 Å². The number of hydrogen-bond donors (Lipinski definition) is 2. The minimum atomic E-state index is -0.138. The SMILES string of the molecule is C=CCn1ncc(NCCCNC2CC2)c(Br)c1=O. The van der Waals surface area contributed by atoms with E-state index in [-0.39, 0.29) is 5.56 Å². The molecule has 0 spiro atoms. The van der Waals surface area contributed by atoms with Crippen LogP contribution in [0, 0.1) is 0 Å². The molecule has 5 nitrogen and oxygen atoms in total. The third-order valence-corrected chi connectivity index (χ3v) is 3.73. The van der Waals surface area contributed by atoms with Gasteiger partial charge in [-0.15, -0.1) is 6.58 Å². The van der Waals surface area contributed by atoms with Gasteiger partial charge in [0.1, 0.15) is 4.47 Å². The molecule has 1 aliphatic carbocycles. The highest BCUT2D eigenvalue weighted by Crippen LogP contribution is 2.18. The van der Waals surface area contributed by atoms with E-state index >= 15 is 0 Å². The van der Waals surface area contributed by atoms with Gasteiger partial charge < -0.3 is 10.6 Å². The number of allylic oxidation sites excluding steroid dienone is 1. The van der Waals surface area contributed by atoms with Crippen LogP contribution < -0.4 is 16.2 Å². The fraction of sp³-hybridized carbons (Fsp3) is 0.538. The van der Waals surface area contributed by atoms with Gasteiger partial charge >= 0.3 is 0 Å². The van der Waals surface area contributed by atoms with Crippen molar-refractivity contribution in [2.24, 2.45) is 0 Å². The van der Waals surface area contributed by atoms with Gasteiger partial charge in [-0.3, -0.25) is 4.79 Å². The van der Waals surface area contributed by atoms with Gasteiger partial charge in [-0.2, -0.15) is 5.10 Å². The Labute approximate surface area is 121 Å². The molecule has 1 aromatic rings. The molecule has 2 N–H and O–H groups in total. The molecule has 0 atom stereocenters. The lowest BCUT2D eigenvalue weighted by Gasteiger charge is -2.09. The molecular formula is C13H19BrN4O.